The van der Waals surface area contributed by atoms with Crippen molar-refractivity contribution in [2.75, 3.05) is 20.3 Å². The van der Waals surface area contributed by atoms with E-state index in [4.69, 9.17) is 10.5 Å². The molecular formula is C10H22N2O2. The summed E-state index contributed by atoms with van der Waals surface area (Å²) >= 11 is 0. The Morgan fingerprint density at radius 1 is 1.50 bits per heavy atom. The van der Waals surface area contributed by atoms with Gasteiger partial charge in [0.15, 0.2) is 0 Å². The van der Waals surface area contributed by atoms with E-state index in [1.165, 1.54) is 0 Å². The second-order valence-electron chi connectivity index (χ2n) is 3.67. The average Bonchev–Trinajstić information content (AvgIpc) is 2.04. The maximum atomic E-state index is 11.7. The Morgan fingerprint density at radius 2 is 2.07 bits per heavy atom. The molecule has 0 aliphatic carbocycles. The number of carbonyl (C=O) groups is 1. The van der Waals surface area contributed by atoms with Crippen molar-refractivity contribution in [3.8, 4) is 0 Å². The molecule has 4 nitrogen and oxygen atoms in total. The molecule has 0 saturated heterocycles. The number of likely N-dealkylation sites (N-methyl/N-ethyl adjacent to an activating group) is 1. The van der Waals surface area contributed by atoms with Crippen LogP contribution in [0.15, 0.2) is 0 Å². The summed E-state index contributed by atoms with van der Waals surface area (Å²) in [4.78, 5) is 13.5. The first-order valence-corrected chi connectivity index (χ1v) is 5.06. The van der Waals surface area contributed by atoms with Crippen LogP contribution in [0.5, 0.6) is 0 Å². The lowest BCUT2D eigenvalue weighted by Gasteiger charge is -2.28. The topological polar surface area (TPSA) is 55.6 Å². The molecule has 0 aliphatic rings. The van der Waals surface area contributed by atoms with Crippen LogP contribution in [0.4, 0.5) is 0 Å². The Hall–Kier alpha value is -0.610. The zero-order valence-corrected chi connectivity index (χ0v) is 9.62. The molecule has 0 radical (unpaired) electrons. The predicted molar refractivity (Wildman–Crippen MR) is 57.0 cm³/mol. The van der Waals surface area contributed by atoms with E-state index >= 15 is 0 Å². The van der Waals surface area contributed by atoms with Gasteiger partial charge >= 0.3 is 0 Å². The molecule has 1 amide bonds. The van der Waals surface area contributed by atoms with Crippen LogP contribution in [0.3, 0.4) is 0 Å². The van der Waals surface area contributed by atoms with Crippen LogP contribution in [0.2, 0.25) is 0 Å². The van der Waals surface area contributed by atoms with Gasteiger partial charge in [-0.2, -0.15) is 0 Å². The van der Waals surface area contributed by atoms with Crippen molar-refractivity contribution >= 4 is 5.91 Å². The summed E-state index contributed by atoms with van der Waals surface area (Å²) in [6.45, 7) is 7.05. The molecule has 0 heterocycles. The van der Waals surface area contributed by atoms with E-state index in [9.17, 15) is 4.79 Å². The van der Waals surface area contributed by atoms with Gasteiger partial charge in [0.2, 0.25) is 5.91 Å². The fourth-order valence-electron chi connectivity index (χ4n) is 1.46. The van der Waals surface area contributed by atoms with Crippen molar-refractivity contribution in [2.24, 2.45) is 5.73 Å². The van der Waals surface area contributed by atoms with E-state index in [0.29, 0.717) is 19.6 Å². The highest BCUT2D eigenvalue weighted by atomic mass is 16.5. The third-order valence-corrected chi connectivity index (χ3v) is 2.10. The minimum atomic E-state index is -0.0775. The lowest BCUT2D eigenvalue weighted by atomic mass is 10.2. The summed E-state index contributed by atoms with van der Waals surface area (Å²) in [6.07, 6.45) is 0.405. The molecule has 0 aliphatic heterocycles. The van der Waals surface area contributed by atoms with Crippen LogP contribution in [-0.2, 0) is 9.53 Å². The van der Waals surface area contributed by atoms with E-state index in [0.717, 1.165) is 0 Å². The summed E-state index contributed by atoms with van der Waals surface area (Å²) in [5.74, 6) is 0.104. The molecule has 4 heteroatoms. The van der Waals surface area contributed by atoms with Gasteiger partial charge in [-0.25, -0.2) is 0 Å². The summed E-state index contributed by atoms with van der Waals surface area (Å²) in [7, 11) is 1.64. The third kappa shape index (κ3) is 4.58. The third-order valence-electron chi connectivity index (χ3n) is 2.10. The first kappa shape index (κ1) is 13.4. The summed E-state index contributed by atoms with van der Waals surface area (Å²) in [5, 5.41) is 0. The molecule has 0 bridgehead atoms. The van der Waals surface area contributed by atoms with Gasteiger partial charge in [0, 0.05) is 26.1 Å². The van der Waals surface area contributed by atoms with Gasteiger partial charge in [-0.1, -0.05) is 0 Å². The van der Waals surface area contributed by atoms with Crippen LogP contribution < -0.4 is 5.73 Å². The second-order valence-corrected chi connectivity index (χ2v) is 3.67. The van der Waals surface area contributed by atoms with Gasteiger partial charge in [-0.3, -0.25) is 4.79 Å². The van der Waals surface area contributed by atoms with E-state index in [1.54, 1.807) is 12.0 Å². The Morgan fingerprint density at radius 3 is 2.43 bits per heavy atom. The van der Waals surface area contributed by atoms with Crippen LogP contribution in [0, 0.1) is 0 Å². The van der Waals surface area contributed by atoms with E-state index < -0.39 is 0 Å². The molecule has 0 rings (SSSR count). The molecule has 0 saturated carbocycles. The molecule has 14 heavy (non-hydrogen) atoms. The SMILES string of the molecule is CCN(C(=O)CC(C)N)C(C)COC. The van der Waals surface area contributed by atoms with Gasteiger partial charge in [0.25, 0.3) is 0 Å². The van der Waals surface area contributed by atoms with Crippen molar-refractivity contribution in [2.45, 2.75) is 39.3 Å². The molecule has 0 fully saturated rings. The summed E-state index contributed by atoms with van der Waals surface area (Å²) < 4.78 is 5.02. The number of amides is 1. The number of methoxy groups -OCH3 is 1. The van der Waals surface area contributed by atoms with Gasteiger partial charge in [0.1, 0.15) is 0 Å². The maximum absolute atomic E-state index is 11.7. The highest BCUT2D eigenvalue weighted by Crippen LogP contribution is 2.03. The summed E-state index contributed by atoms with van der Waals surface area (Å²) in [5.41, 5.74) is 5.58. The zero-order chi connectivity index (χ0) is 11.1. The molecule has 2 atom stereocenters. The molecular weight excluding hydrogens is 180 g/mol. The molecule has 2 unspecified atom stereocenters. The lowest BCUT2D eigenvalue weighted by Crippen LogP contribution is -2.42. The molecule has 2 N–H and O–H groups in total. The molecule has 0 aromatic rings. The van der Waals surface area contributed by atoms with Crippen molar-refractivity contribution in [3.05, 3.63) is 0 Å². The average molecular weight is 202 g/mol. The highest BCUT2D eigenvalue weighted by Gasteiger charge is 2.18. The summed E-state index contributed by atoms with van der Waals surface area (Å²) in [6, 6.07) is 0.0440. The van der Waals surface area contributed by atoms with Crippen molar-refractivity contribution in [1.29, 1.82) is 0 Å². The van der Waals surface area contributed by atoms with Gasteiger partial charge in [-0.05, 0) is 20.8 Å². The fourth-order valence-corrected chi connectivity index (χ4v) is 1.46. The van der Waals surface area contributed by atoms with Gasteiger partial charge in [0.05, 0.1) is 12.6 Å². The number of nitrogens with zero attached hydrogens (tertiary/aromatic N) is 1. The largest absolute Gasteiger partial charge is 0.383 e. The second kappa shape index (κ2) is 6.79. The Bertz CT molecular complexity index is 172. The smallest absolute Gasteiger partial charge is 0.224 e. The molecule has 84 valence electrons. The number of rotatable bonds is 6. The first-order chi connectivity index (χ1) is 6.52. The first-order valence-electron chi connectivity index (χ1n) is 5.06. The standard InChI is InChI=1S/C10H22N2O2/c1-5-12(9(3)7-14-4)10(13)6-8(2)11/h8-9H,5-7,11H2,1-4H3. The normalized spacial score (nSPS) is 14.9. The Balaban J connectivity index is 4.17. The van der Waals surface area contributed by atoms with Crippen LogP contribution >= 0.6 is 0 Å². The number of carbonyl (C=O) groups excluding carboxylic acids is 1. The van der Waals surface area contributed by atoms with E-state index in [-0.39, 0.29) is 18.0 Å². The minimum Gasteiger partial charge on any atom is -0.383 e. The minimum absolute atomic E-state index is 0.0775. The number of hydrogen-bond acceptors (Lipinski definition) is 3. The van der Waals surface area contributed by atoms with Gasteiger partial charge in [-0.15, -0.1) is 0 Å². The Labute approximate surface area is 86.4 Å². The quantitative estimate of drug-likeness (QED) is 0.686. The molecule has 0 aromatic carbocycles. The fraction of sp³-hybridized carbons (Fsp3) is 0.900. The van der Waals surface area contributed by atoms with Gasteiger partial charge < -0.3 is 15.4 Å². The monoisotopic (exact) mass is 202 g/mol. The van der Waals surface area contributed by atoms with E-state index in [1.807, 2.05) is 20.8 Å². The van der Waals surface area contributed by atoms with Crippen LogP contribution in [0.25, 0.3) is 0 Å². The van der Waals surface area contributed by atoms with Crippen molar-refractivity contribution in [3.63, 3.8) is 0 Å². The molecule has 0 aromatic heterocycles. The highest BCUT2D eigenvalue weighted by molar-refractivity contribution is 5.77. The van der Waals surface area contributed by atoms with Crippen molar-refractivity contribution in [1.82, 2.24) is 4.90 Å². The van der Waals surface area contributed by atoms with Crippen LogP contribution in [-0.4, -0.2) is 43.2 Å². The van der Waals surface area contributed by atoms with Crippen molar-refractivity contribution < 1.29 is 9.53 Å². The predicted octanol–water partition coefficient (Wildman–Crippen LogP) is 0.607. The number of ether oxygens (including phenoxy) is 1. The maximum Gasteiger partial charge on any atom is 0.224 e. The van der Waals surface area contributed by atoms with Crippen LogP contribution in [0.1, 0.15) is 27.2 Å². The number of hydrogen-bond donors (Lipinski definition) is 1. The van der Waals surface area contributed by atoms with E-state index in [2.05, 4.69) is 0 Å². The lowest BCUT2D eigenvalue weighted by molar-refractivity contribution is -0.134. The zero-order valence-electron chi connectivity index (χ0n) is 9.62. The Kier molecular flexibility index (Phi) is 6.49. The number of nitrogens with two attached hydrogens (primary N) is 1. The molecule has 0 spiro atoms.